The van der Waals surface area contributed by atoms with E-state index in [9.17, 15) is 14.9 Å². The third-order valence-corrected chi connectivity index (χ3v) is 3.91. The van der Waals surface area contributed by atoms with Crippen molar-refractivity contribution >= 4 is 17.3 Å². The van der Waals surface area contributed by atoms with E-state index in [1.54, 1.807) is 24.3 Å². The second kappa shape index (κ2) is 7.76. The Morgan fingerprint density at radius 3 is 2.52 bits per heavy atom. The average Bonchev–Trinajstić information content (AvgIpc) is 3.15. The van der Waals surface area contributed by atoms with E-state index in [1.807, 2.05) is 0 Å². The van der Waals surface area contributed by atoms with Gasteiger partial charge in [0.1, 0.15) is 12.4 Å². The van der Waals surface area contributed by atoms with Crippen LogP contribution in [0.25, 0.3) is 0 Å². The van der Waals surface area contributed by atoms with E-state index >= 15 is 0 Å². The lowest BCUT2D eigenvalue weighted by Crippen LogP contribution is -2.16. The third-order valence-electron chi connectivity index (χ3n) is 3.91. The fourth-order valence-electron chi connectivity index (χ4n) is 2.54. The van der Waals surface area contributed by atoms with Crippen molar-refractivity contribution in [2.24, 2.45) is 0 Å². The maximum atomic E-state index is 12.2. The maximum Gasteiger partial charge on any atom is 0.269 e. The number of carbonyl (C=O) groups excluding carboxylic acids is 1. The summed E-state index contributed by atoms with van der Waals surface area (Å²) in [5, 5.41) is 13.4. The molecule has 1 saturated heterocycles. The van der Waals surface area contributed by atoms with Crippen molar-refractivity contribution in [1.29, 1.82) is 0 Å². The van der Waals surface area contributed by atoms with Crippen LogP contribution >= 0.6 is 0 Å². The molecule has 0 bridgehead atoms. The zero-order valence-electron chi connectivity index (χ0n) is 13.5. The molecule has 2 aromatic rings. The summed E-state index contributed by atoms with van der Waals surface area (Å²) in [6.07, 6.45) is 2.24. The Balaban J connectivity index is 1.54. The lowest BCUT2D eigenvalue weighted by molar-refractivity contribution is -0.384. The highest BCUT2D eigenvalue weighted by molar-refractivity contribution is 6.04. The number of nitrogens with one attached hydrogen (secondary N) is 1. The fourth-order valence-corrected chi connectivity index (χ4v) is 2.54. The first-order chi connectivity index (χ1) is 12.1. The molecule has 1 aliphatic heterocycles. The lowest BCUT2D eigenvalue weighted by atomic mass is 10.2. The van der Waals surface area contributed by atoms with Gasteiger partial charge >= 0.3 is 0 Å². The van der Waals surface area contributed by atoms with Gasteiger partial charge in [0.25, 0.3) is 11.6 Å². The molecule has 1 N–H and O–H groups in total. The summed E-state index contributed by atoms with van der Waals surface area (Å²) < 4.78 is 11.2. The van der Waals surface area contributed by atoms with Crippen molar-refractivity contribution in [3.05, 3.63) is 64.2 Å². The van der Waals surface area contributed by atoms with Crippen molar-refractivity contribution < 1.29 is 19.2 Å². The summed E-state index contributed by atoms with van der Waals surface area (Å²) in [7, 11) is 0. The molecule has 130 valence electrons. The van der Waals surface area contributed by atoms with E-state index in [2.05, 4.69) is 5.32 Å². The number of carbonyl (C=O) groups is 1. The van der Waals surface area contributed by atoms with Crippen molar-refractivity contribution in [3.8, 4) is 5.75 Å². The first-order valence-corrected chi connectivity index (χ1v) is 8.02. The molecule has 1 amide bonds. The van der Waals surface area contributed by atoms with Crippen LogP contribution in [0.4, 0.5) is 11.4 Å². The largest absolute Gasteiger partial charge is 0.491 e. The molecule has 25 heavy (non-hydrogen) atoms. The predicted molar refractivity (Wildman–Crippen MR) is 92.0 cm³/mol. The van der Waals surface area contributed by atoms with Gasteiger partial charge in [0.15, 0.2) is 0 Å². The molecule has 1 heterocycles. The van der Waals surface area contributed by atoms with Gasteiger partial charge in [-0.2, -0.15) is 0 Å². The molecule has 1 aliphatic rings. The number of nitro groups is 1. The minimum absolute atomic E-state index is 0.0516. The first kappa shape index (κ1) is 16.9. The van der Waals surface area contributed by atoms with Crippen LogP contribution in [0.2, 0.25) is 0 Å². The van der Waals surface area contributed by atoms with Crippen LogP contribution in [-0.2, 0) is 4.74 Å². The van der Waals surface area contributed by atoms with Crippen molar-refractivity contribution in [1.82, 2.24) is 0 Å². The number of anilines is 1. The molecule has 0 spiro atoms. The number of nitrogens with zero attached hydrogens (tertiary/aromatic N) is 1. The topological polar surface area (TPSA) is 90.7 Å². The minimum atomic E-state index is -0.503. The highest BCUT2D eigenvalue weighted by atomic mass is 16.6. The molecule has 0 radical (unpaired) electrons. The van der Waals surface area contributed by atoms with Crippen molar-refractivity contribution in [2.45, 2.75) is 18.9 Å². The van der Waals surface area contributed by atoms with Gasteiger partial charge in [0.05, 0.1) is 11.0 Å². The number of benzene rings is 2. The molecule has 0 aliphatic carbocycles. The Labute approximate surface area is 144 Å². The molecular formula is C18H18N2O5. The van der Waals surface area contributed by atoms with Gasteiger partial charge in [0, 0.05) is 30.0 Å². The van der Waals surface area contributed by atoms with E-state index < -0.39 is 4.92 Å². The highest BCUT2D eigenvalue weighted by Gasteiger charge is 2.16. The van der Waals surface area contributed by atoms with Gasteiger partial charge in [-0.3, -0.25) is 14.9 Å². The van der Waals surface area contributed by atoms with E-state index in [4.69, 9.17) is 9.47 Å². The Hall–Kier alpha value is -2.93. The van der Waals surface area contributed by atoms with Gasteiger partial charge in [-0.05, 0) is 49.2 Å². The van der Waals surface area contributed by atoms with Gasteiger partial charge in [0.2, 0.25) is 0 Å². The lowest BCUT2D eigenvalue weighted by Gasteiger charge is -2.12. The highest BCUT2D eigenvalue weighted by Crippen LogP contribution is 2.19. The monoisotopic (exact) mass is 342 g/mol. The van der Waals surface area contributed by atoms with E-state index in [-0.39, 0.29) is 17.7 Å². The van der Waals surface area contributed by atoms with E-state index in [0.717, 1.165) is 19.4 Å². The van der Waals surface area contributed by atoms with Gasteiger partial charge < -0.3 is 14.8 Å². The standard InChI is InChI=1S/C18H18N2O5/c21-18(13-3-7-15(8-4-13)20(22)23)19-14-5-9-16(10-6-14)25-12-17-2-1-11-24-17/h3-10,17H,1-2,11-12H2,(H,19,21). The summed E-state index contributed by atoms with van der Waals surface area (Å²) >= 11 is 0. The number of non-ortho nitro benzene ring substituents is 1. The van der Waals surface area contributed by atoms with E-state index in [1.165, 1.54) is 24.3 Å². The number of amides is 1. The number of hydrogen-bond acceptors (Lipinski definition) is 5. The number of ether oxygens (including phenoxy) is 2. The zero-order valence-corrected chi connectivity index (χ0v) is 13.5. The zero-order chi connectivity index (χ0) is 17.6. The van der Waals surface area contributed by atoms with Crippen LogP contribution in [0.15, 0.2) is 48.5 Å². The summed E-state index contributed by atoms with van der Waals surface area (Å²) in [6, 6.07) is 12.5. The SMILES string of the molecule is O=C(Nc1ccc(OCC2CCCO2)cc1)c1ccc([N+](=O)[O-])cc1. The van der Waals surface area contributed by atoms with Gasteiger partial charge in [-0.15, -0.1) is 0 Å². The van der Waals surface area contributed by atoms with Crippen LogP contribution in [0.3, 0.4) is 0 Å². The molecule has 0 saturated carbocycles. The maximum absolute atomic E-state index is 12.2. The minimum Gasteiger partial charge on any atom is -0.491 e. The second-order valence-electron chi connectivity index (χ2n) is 5.73. The Bertz CT molecular complexity index is 737. The molecule has 7 nitrogen and oxygen atoms in total. The Morgan fingerprint density at radius 2 is 1.92 bits per heavy atom. The van der Waals surface area contributed by atoms with Crippen molar-refractivity contribution in [2.75, 3.05) is 18.5 Å². The molecule has 7 heteroatoms. The van der Waals surface area contributed by atoms with Crippen molar-refractivity contribution in [3.63, 3.8) is 0 Å². The quantitative estimate of drug-likeness (QED) is 0.642. The predicted octanol–water partition coefficient (Wildman–Crippen LogP) is 3.40. The number of rotatable bonds is 6. The van der Waals surface area contributed by atoms with Crippen LogP contribution in [0, 0.1) is 10.1 Å². The Kier molecular flexibility index (Phi) is 5.25. The van der Waals surface area contributed by atoms with Crippen LogP contribution < -0.4 is 10.1 Å². The molecule has 0 aromatic heterocycles. The van der Waals surface area contributed by atoms with Crippen LogP contribution in [0.5, 0.6) is 5.75 Å². The third kappa shape index (κ3) is 4.54. The summed E-state index contributed by atoms with van der Waals surface area (Å²) in [5.74, 6) is 0.381. The first-order valence-electron chi connectivity index (χ1n) is 8.02. The summed E-state index contributed by atoms with van der Waals surface area (Å²) in [6.45, 7) is 1.32. The van der Waals surface area contributed by atoms with Gasteiger partial charge in [-0.25, -0.2) is 0 Å². The molecular weight excluding hydrogens is 324 g/mol. The van der Waals surface area contributed by atoms with E-state index in [0.29, 0.717) is 23.6 Å². The molecule has 1 fully saturated rings. The average molecular weight is 342 g/mol. The molecule has 1 atom stereocenters. The fraction of sp³-hybridized carbons (Fsp3) is 0.278. The summed E-state index contributed by atoms with van der Waals surface area (Å²) in [5.41, 5.74) is 0.918. The Morgan fingerprint density at radius 1 is 1.20 bits per heavy atom. The van der Waals surface area contributed by atoms with Crippen LogP contribution in [-0.4, -0.2) is 30.1 Å². The second-order valence-corrected chi connectivity index (χ2v) is 5.73. The number of hydrogen-bond donors (Lipinski definition) is 1. The molecule has 3 rings (SSSR count). The molecule has 1 unspecified atom stereocenters. The smallest absolute Gasteiger partial charge is 0.269 e. The van der Waals surface area contributed by atoms with Crippen LogP contribution in [0.1, 0.15) is 23.2 Å². The summed E-state index contributed by atoms with van der Waals surface area (Å²) in [4.78, 5) is 22.3. The molecule has 2 aromatic carbocycles. The normalized spacial score (nSPS) is 16.4. The number of nitro benzene ring substituents is 1. The van der Waals surface area contributed by atoms with Gasteiger partial charge in [-0.1, -0.05) is 0 Å².